The Labute approximate surface area is 181 Å². The van der Waals surface area contributed by atoms with Crippen LogP contribution in [0.25, 0.3) is 0 Å². The number of rotatable bonds is 8. The van der Waals surface area contributed by atoms with Crippen LogP contribution in [-0.4, -0.2) is 78.4 Å². The normalized spacial score (nSPS) is 20.5. The first-order chi connectivity index (χ1) is 14.6. The van der Waals surface area contributed by atoms with E-state index in [1.54, 1.807) is 0 Å². The van der Waals surface area contributed by atoms with Gasteiger partial charge in [-0.2, -0.15) is 0 Å². The van der Waals surface area contributed by atoms with E-state index < -0.39 is 0 Å². The highest BCUT2D eigenvalue weighted by Crippen LogP contribution is 2.19. The van der Waals surface area contributed by atoms with E-state index in [4.69, 9.17) is 0 Å². The summed E-state index contributed by atoms with van der Waals surface area (Å²) in [7, 11) is 0. The molecule has 6 nitrogen and oxygen atoms in total. The molecule has 2 atom stereocenters. The molecule has 0 saturated carbocycles. The van der Waals surface area contributed by atoms with E-state index in [0.717, 1.165) is 65.0 Å². The van der Waals surface area contributed by atoms with Gasteiger partial charge >= 0.3 is 0 Å². The van der Waals surface area contributed by atoms with Gasteiger partial charge in [-0.3, -0.25) is 19.4 Å². The molecule has 2 fully saturated rings. The molecule has 2 unspecified atom stereocenters. The van der Waals surface area contributed by atoms with Crippen LogP contribution in [0.2, 0.25) is 0 Å². The summed E-state index contributed by atoms with van der Waals surface area (Å²) in [4.78, 5) is 32.0. The molecule has 2 heterocycles. The Hall–Kier alpha value is -1.92. The van der Waals surface area contributed by atoms with Crippen LogP contribution in [0.5, 0.6) is 0 Å². The van der Waals surface area contributed by atoms with Gasteiger partial charge in [0.05, 0.1) is 18.6 Å². The first kappa shape index (κ1) is 22.8. The minimum absolute atomic E-state index is 0.0644. The maximum atomic E-state index is 12.9. The summed E-state index contributed by atoms with van der Waals surface area (Å²) in [6, 6.07) is 10.1. The molecular formula is C24H38N4O2. The van der Waals surface area contributed by atoms with Crippen molar-refractivity contribution in [2.24, 2.45) is 0 Å². The number of carbonyl (C=O) groups excluding carboxylic acids is 2. The number of amides is 2. The van der Waals surface area contributed by atoms with Gasteiger partial charge in [0.2, 0.25) is 11.8 Å². The van der Waals surface area contributed by atoms with Crippen LogP contribution >= 0.6 is 0 Å². The van der Waals surface area contributed by atoms with Gasteiger partial charge in [0.15, 0.2) is 0 Å². The number of hydrogen-bond donors (Lipinski definition) is 1. The first-order valence-corrected chi connectivity index (χ1v) is 11.7. The monoisotopic (exact) mass is 414 g/mol. The van der Waals surface area contributed by atoms with Crippen LogP contribution in [0, 0.1) is 0 Å². The molecule has 0 spiro atoms. The molecule has 1 aromatic carbocycles. The third-order valence-electron chi connectivity index (χ3n) is 6.50. The first-order valence-electron chi connectivity index (χ1n) is 11.7. The van der Waals surface area contributed by atoms with Crippen LogP contribution in [0.4, 0.5) is 0 Å². The fourth-order valence-corrected chi connectivity index (χ4v) is 4.50. The number of hydrogen-bond acceptors (Lipinski definition) is 4. The van der Waals surface area contributed by atoms with Crippen molar-refractivity contribution in [3.63, 3.8) is 0 Å². The Kier molecular flexibility index (Phi) is 8.70. The summed E-state index contributed by atoms with van der Waals surface area (Å²) >= 11 is 0. The second-order valence-corrected chi connectivity index (χ2v) is 8.69. The Bertz CT molecular complexity index is 667. The van der Waals surface area contributed by atoms with Crippen LogP contribution in [0.1, 0.15) is 57.6 Å². The summed E-state index contributed by atoms with van der Waals surface area (Å²) < 4.78 is 0. The van der Waals surface area contributed by atoms with Crippen molar-refractivity contribution in [1.29, 1.82) is 0 Å². The Morgan fingerprint density at radius 1 is 0.967 bits per heavy atom. The van der Waals surface area contributed by atoms with E-state index in [0.29, 0.717) is 6.54 Å². The highest BCUT2D eigenvalue weighted by Gasteiger charge is 2.28. The fraction of sp³-hybridized carbons (Fsp3) is 0.667. The second kappa shape index (κ2) is 11.5. The van der Waals surface area contributed by atoms with E-state index in [9.17, 15) is 9.59 Å². The van der Waals surface area contributed by atoms with Crippen molar-refractivity contribution in [2.75, 3.05) is 45.8 Å². The molecule has 0 aliphatic carbocycles. The van der Waals surface area contributed by atoms with Crippen LogP contribution < -0.4 is 5.32 Å². The lowest BCUT2D eigenvalue weighted by atomic mass is 10.0. The van der Waals surface area contributed by atoms with Gasteiger partial charge in [0, 0.05) is 39.3 Å². The summed E-state index contributed by atoms with van der Waals surface area (Å²) in [6.07, 6.45) is 5.47. The molecule has 30 heavy (non-hydrogen) atoms. The van der Waals surface area contributed by atoms with Crippen molar-refractivity contribution < 1.29 is 9.59 Å². The number of carbonyl (C=O) groups is 2. The van der Waals surface area contributed by atoms with Crippen molar-refractivity contribution >= 4 is 11.8 Å². The maximum absolute atomic E-state index is 12.9. The van der Waals surface area contributed by atoms with Gasteiger partial charge in [-0.25, -0.2) is 0 Å². The molecule has 1 aromatic rings. The lowest BCUT2D eigenvalue weighted by Gasteiger charge is -2.38. The molecule has 2 amide bonds. The molecule has 0 bridgehead atoms. The number of piperidine rings is 1. The standard InChI is InChI=1S/C24H38N4O2/c1-3-10-22(21-11-6-4-7-12-21)25-24(30)20(2)27-17-15-26(16-18-27)19-23(29)28-13-8-5-9-14-28/h4,6-7,11-12,20,22H,3,5,8-10,13-19H2,1-2H3,(H,25,30). The molecule has 2 aliphatic rings. The molecular weight excluding hydrogens is 376 g/mol. The Morgan fingerprint density at radius 3 is 2.27 bits per heavy atom. The minimum Gasteiger partial charge on any atom is -0.348 e. The highest BCUT2D eigenvalue weighted by molar-refractivity contribution is 5.81. The van der Waals surface area contributed by atoms with Crippen LogP contribution in [0.15, 0.2) is 30.3 Å². The number of likely N-dealkylation sites (tertiary alicyclic amines) is 1. The number of benzene rings is 1. The fourth-order valence-electron chi connectivity index (χ4n) is 4.50. The Balaban J connectivity index is 1.46. The molecule has 6 heteroatoms. The minimum atomic E-state index is -0.159. The zero-order valence-electron chi connectivity index (χ0n) is 18.7. The van der Waals surface area contributed by atoms with Gasteiger partial charge in [0.1, 0.15) is 0 Å². The molecule has 3 rings (SSSR count). The van der Waals surface area contributed by atoms with E-state index in [1.165, 1.54) is 12.0 Å². The van der Waals surface area contributed by atoms with E-state index in [-0.39, 0.29) is 23.9 Å². The van der Waals surface area contributed by atoms with E-state index in [2.05, 4.69) is 34.2 Å². The van der Waals surface area contributed by atoms with E-state index in [1.807, 2.05) is 30.0 Å². The van der Waals surface area contributed by atoms with Gasteiger partial charge in [-0.15, -0.1) is 0 Å². The quantitative estimate of drug-likeness (QED) is 0.711. The van der Waals surface area contributed by atoms with Gasteiger partial charge < -0.3 is 10.2 Å². The average Bonchev–Trinajstić information content (AvgIpc) is 2.80. The molecule has 0 radical (unpaired) electrons. The van der Waals surface area contributed by atoms with Crippen molar-refractivity contribution in [2.45, 2.75) is 58.0 Å². The summed E-state index contributed by atoms with van der Waals surface area (Å²) in [6.45, 7) is 9.82. The SMILES string of the molecule is CCCC(NC(=O)C(C)N1CCN(CC(=O)N2CCCCC2)CC1)c1ccccc1. The van der Waals surface area contributed by atoms with Crippen molar-refractivity contribution in [1.82, 2.24) is 20.0 Å². The smallest absolute Gasteiger partial charge is 0.237 e. The predicted molar refractivity (Wildman–Crippen MR) is 120 cm³/mol. The topological polar surface area (TPSA) is 55.9 Å². The van der Waals surface area contributed by atoms with Crippen LogP contribution in [-0.2, 0) is 9.59 Å². The van der Waals surface area contributed by atoms with Gasteiger partial charge in [-0.1, -0.05) is 43.7 Å². The largest absolute Gasteiger partial charge is 0.348 e. The molecule has 2 aliphatic heterocycles. The molecule has 2 saturated heterocycles. The number of nitrogens with zero attached hydrogens (tertiary/aromatic N) is 3. The Morgan fingerprint density at radius 2 is 1.63 bits per heavy atom. The third-order valence-corrected chi connectivity index (χ3v) is 6.50. The van der Waals surface area contributed by atoms with Crippen LogP contribution in [0.3, 0.4) is 0 Å². The number of piperazine rings is 1. The second-order valence-electron chi connectivity index (χ2n) is 8.69. The molecule has 1 N–H and O–H groups in total. The lowest BCUT2D eigenvalue weighted by Crippen LogP contribution is -2.55. The van der Waals surface area contributed by atoms with Gasteiger partial charge in [0.25, 0.3) is 0 Å². The third kappa shape index (κ3) is 6.29. The van der Waals surface area contributed by atoms with Gasteiger partial charge in [-0.05, 0) is 38.2 Å². The number of nitrogens with one attached hydrogen (secondary N) is 1. The van der Waals surface area contributed by atoms with Crippen molar-refractivity contribution in [3.8, 4) is 0 Å². The van der Waals surface area contributed by atoms with Crippen molar-refractivity contribution in [3.05, 3.63) is 35.9 Å². The highest BCUT2D eigenvalue weighted by atomic mass is 16.2. The summed E-state index contributed by atoms with van der Waals surface area (Å²) in [5.41, 5.74) is 1.17. The molecule has 0 aromatic heterocycles. The lowest BCUT2D eigenvalue weighted by molar-refractivity contribution is -0.134. The zero-order chi connectivity index (χ0) is 21.3. The predicted octanol–water partition coefficient (Wildman–Crippen LogP) is 2.66. The summed E-state index contributed by atoms with van der Waals surface area (Å²) in [5, 5.41) is 3.26. The van der Waals surface area contributed by atoms with E-state index >= 15 is 0 Å². The molecule has 166 valence electrons. The zero-order valence-corrected chi connectivity index (χ0v) is 18.7. The average molecular weight is 415 g/mol. The summed E-state index contributed by atoms with van der Waals surface area (Å²) in [5.74, 6) is 0.356. The maximum Gasteiger partial charge on any atom is 0.237 e.